The van der Waals surface area contributed by atoms with Crippen LogP contribution in [0.25, 0.3) is 0 Å². The molecular weight excluding hydrogens is 218 g/mol. The molecule has 0 amide bonds. The van der Waals surface area contributed by atoms with Crippen molar-refractivity contribution < 1.29 is 0 Å². The molecule has 1 atom stereocenters. The third kappa shape index (κ3) is 2.65. The van der Waals surface area contributed by atoms with Crippen LogP contribution in [0.4, 0.5) is 0 Å². The molecule has 3 nitrogen and oxygen atoms in total. The minimum atomic E-state index is 0.00190. The Labute approximate surface area is 99.5 Å². The molecule has 0 spiro atoms. The number of nitrogens with zero attached hydrogens (tertiary/aromatic N) is 1. The highest BCUT2D eigenvalue weighted by Gasteiger charge is 2.08. The summed E-state index contributed by atoms with van der Waals surface area (Å²) < 4.78 is 0. The third-order valence-electron chi connectivity index (χ3n) is 2.51. The highest BCUT2D eigenvalue weighted by Crippen LogP contribution is 2.19. The monoisotopic (exact) mass is 233 g/mol. The van der Waals surface area contributed by atoms with Gasteiger partial charge in [-0.2, -0.15) is 0 Å². The number of nitrogens with one attached hydrogen (secondary N) is 1. The minimum absolute atomic E-state index is 0.00190. The van der Waals surface area contributed by atoms with Crippen LogP contribution < -0.4 is 5.73 Å². The molecule has 2 rings (SSSR count). The highest BCUT2D eigenvalue weighted by atomic mass is 32.2. The quantitative estimate of drug-likeness (QED) is 0.797. The van der Waals surface area contributed by atoms with Gasteiger partial charge >= 0.3 is 0 Å². The van der Waals surface area contributed by atoms with E-state index in [0.29, 0.717) is 0 Å². The van der Waals surface area contributed by atoms with Gasteiger partial charge in [-0.25, -0.2) is 4.98 Å². The van der Waals surface area contributed by atoms with Crippen molar-refractivity contribution in [2.24, 2.45) is 5.73 Å². The van der Waals surface area contributed by atoms with Crippen molar-refractivity contribution in [3.05, 3.63) is 48.0 Å². The molecule has 0 aliphatic rings. The Hall–Kier alpha value is -1.26. The molecule has 1 aromatic carbocycles. The first-order chi connectivity index (χ1) is 7.79. The number of imidazole rings is 1. The van der Waals surface area contributed by atoms with Crippen LogP contribution in [0.1, 0.15) is 17.4 Å². The lowest BCUT2D eigenvalue weighted by molar-refractivity contribution is 0.694. The minimum Gasteiger partial charge on any atom is -0.349 e. The molecule has 1 unspecified atom stereocenters. The second kappa shape index (κ2) is 5.18. The van der Waals surface area contributed by atoms with Gasteiger partial charge in [0.05, 0.1) is 0 Å². The average Bonchev–Trinajstić information content (AvgIpc) is 2.82. The van der Waals surface area contributed by atoms with Crippen molar-refractivity contribution in [3.63, 3.8) is 0 Å². The second-order valence-corrected chi connectivity index (χ2v) is 4.50. The maximum absolute atomic E-state index is 6.11. The molecule has 2 aromatic rings. The third-order valence-corrected chi connectivity index (χ3v) is 3.26. The number of nitrogens with two attached hydrogens (primary N) is 1. The van der Waals surface area contributed by atoms with Crippen molar-refractivity contribution in [2.45, 2.75) is 17.4 Å². The number of aromatic amines is 1. The Morgan fingerprint density at radius 3 is 2.69 bits per heavy atom. The number of rotatable bonds is 4. The first-order valence-corrected chi connectivity index (χ1v) is 6.40. The van der Waals surface area contributed by atoms with Crippen molar-refractivity contribution in [1.82, 2.24) is 9.97 Å². The number of benzene rings is 1. The Balaban J connectivity index is 2.05. The highest BCUT2D eigenvalue weighted by molar-refractivity contribution is 7.98. The van der Waals surface area contributed by atoms with Crippen molar-refractivity contribution >= 4 is 11.8 Å². The van der Waals surface area contributed by atoms with E-state index in [1.165, 1.54) is 4.90 Å². The van der Waals surface area contributed by atoms with E-state index in [1.807, 2.05) is 6.20 Å². The van der Waals surface area contributed by atoms with Crippen molar-refractivity contribution in [1.29, 1.82) is 0 Å². The van der Waals surface area contributed by atoms with Gasteiger partial charge < -0.3 is 10.7 Å². The normalized spacial score (nSPS) is 12.6. The summed E-state index contributed by atoms with van der Waals surface area (Å²) in [5.74, 6) is 0.932. The van der Waals surface area contributed by atoms with Crippen LogP contribution in [0.15, 0.2) is 41.6 Å². The number of hydrogen-bond donors (Lipinski definition) is 2. The smallest absolute Gasteiger partial charge is 0.107 e. The molecule has 0 saturated heterocycles. The van der Waals surface area contributed by atoms with Crippen LogP contribution in [-0.4, -0.2) is 16.2 Å². The van der Waals surface area contributed by atoms with Gasteiger partial charge in [0.2, 0.25) is 0 Å². The summed E-state index contributed by atoms with van der Waals surface area (Å²) >= 11 is 1.74. The molecule has 1 heterocycles. The van der Waals surface area contributed by atoms with E-state index in [9.17, 15) is 0 Å². The molecule has 84 valence electrons. The summed E-state index contributed by atoms with van der Waals surface area (Å²) in [7, 11) is 0. The fraction of sp³-hybridized carbons (Fsp3) is 0.250. The van der Waals surface area contributed by atoms with Gasteiger partial charge in [0.1, 0.15) is 5.82 Å². The largest absolute Gasteiger partial charge is 0.349 e. The summed E-state index contributed by atoms with van der Waals surface area (Å²) in [6, 6.07) is 8.37. The van der Waals surface area contributed by atoms with Gasteiger partial charge in [0.15, 0.2) is 0 Å². The topological polar surface area (TPSA) is 54.7 Å². The summed E-state index contributed by atoms with van der Waals surface area (Å²) in [6.07, 6.45) is 6.38. The van der Waals surface area contributed by atoms with Gasteiger partial charge in [0.25, 0.3) is 0 Å². The van der Waals surface area contributed by atoms with E-state index in [-0.39, 0.29) is 6.04 Å². The zero-order chi connectivity index (χ0) is 11.4. The zero-order valence-electron chi connectivity index (χ0n) is 9.18. The van der Waals surface area contributed by atoms with Crippen LogP contribution >= 0.6 is 11.8 Å². The number of aromatic nitrogens is 2. The zero-order valence-corrected chi connectivity index (χ0v) is 10.00. The molecule has 16 heavy (non-hydrogen) atoms. The van der Waals surface area contributed by atoms with E-state index >= 15 is 0 Å². The molecule has 0 bridgehead atoms. The van der Waals surface area contributed by atoms with Crippen molar-refractivity contribution in [3.8, 4) is 0 Å². The maximum atomic E-state index is 6.11. The Kier molecular flexibility index (Phi) is 3.64. The number of H-pyrrole nitrogens is 1. The number of hydrogen-bond acceptors (Lipinski definition) is 3. The molecule has 1 aromatic heterocycles. The average molecular weight is 233 g/mol. The molecule has 0 aliphatic carbocycles. The second-order valence-electron chi connectivity index (χ2n) is 3.62. The van der Waals surface area contributed by atoms with E-state index < -0.39 is 0 Å². The molecule has 0 saturated carbocycles. The summed E-state index contributed by atoms with van der Waals surface area (Å²) in [5, 5.41) is 0. The van der Waals surface area contributed by atoms with Crippen LogP contribution in [-0.2, 0) is 6.42 Å². The van der Waals surface area contributed by atoms with E-state index in [1.54, 1.807) is 18.0 Å². The molecule has 0 radical (unpaired) electrons. The predicted octanol–water partition coefficient (Wildman–Crippen LogP) is 2.37. The fourth-order valence-electron chi connectivity index (χ4n) is 1.59. The van der Waals surface area contributed by atoms with E-state index in [2.05, 4.69) is 40.5 Å². The molecular formula is C12H15N3S. The first kappa shape index (κ1) is 11.2. The van der Waals surface area contributed by atoms with Gasteiger partial charge in [-0.05, 0) is 24.0 Å². The van der Waals surface area contributed by atoms with Crippen molar-refractivity contribution in [2.75, 3.05) is 6.26 Å². The van der Waals surface area contributed by atoms with Gasteiger partial charge in [0, 0.05) is 29.8 Å². The standard InChI is InChI=1S/C12H15N3S/c1-16-10-4-2-9(3-5-10)11(13)8-12-14-6-7-15-12/h2-7,11H,8,13H2,1H3,(H,14,15). The Bertz CT molecular complexity index is 422. The first-order valence-electron chi connectivity index (χ1n) is 5.17. The lowest BCUT2D eigenvalue weighted by Crippen LogP contribution is -2.14. The van der Waals surface area contributed by atoms with Gasteiger partial charge in [-0.1, -0.05) is 12.1 Å². The van der Waals surface area contributed by atoms with Crippen LogP contribution in [0.2, 0.25) is 0 Å². The van der Waals surface area contributed by atoms with Crippen LogP contribution in [0.5, 0.6) is 0 Å². The Morgan fingerprint density at radius 2 is 2.12 bits per heavy atom. The number of thioether (sulfide) groups is 1. The van der Waals surface area contributed by atoms with Crippen LogP contribution in [0.3, 0.4) is 0 Å². The lowest BCUT2D eigenvalue weighted by atomic mass is 10.0. The fourth-order valence-corrected chi connectivity index (χ4v) is 2.00. The SMILES string of the molecule is CSc1ccc(C(N)Cc2ncc[nH]2)cc1. The Morgan fingerprint density at radius 1 is 1.38 bits per heavy atom. The molecule has 0 aliphatic heterocycles. The molecule has 4 heteroatoms. The lowest BCUT2D eigenvalue weighted by Gasteiger charge is -2.10. The molecule has 0 fully saturated rings. The van der Waals surface area contributed by atoms with E-state index in [4.69, 9.17) is 5.73 Å². The predicted molar refractivity (Wildman–Crippen MR) is 67.4 cm³/mol. The van der Waals surface area contributed by atoms with E-state index in [0.717, 1.165) is 17.8 Å². The molecule has 3 N–H and O–H groups in total. The van der Waals surface area contributed by atoms with Gasteiger partial charge in [-0.15, -0.1) is 11.8 Å². The summed E-state index contributed by atoms with van der Waals surface area (Å²) in [6.45, 7) is 0. The van der Waals surface area contributed by atoms with Crippen LogP contribution in [0, 0.1) is 0 Å². The summed E-state index contributed by atoms with van der Waals surface area (Å²) in [5.41, 5.74) is 7.26. The summed E-state index contributed by atoms with van der Waals surface area (Å²) in [4.78, 5) is 8.50. The maximum Gasteiger partial charge on any atom is 0.107 e. The van der Waals surface area contributed by atoms with Gasteiger partial charge in [-0.3, -0.25) is 0 Å².